The topological polar surface area (TPSA) is 49.0 Å². The van der Waals surface area contributed by atoms with Crippen molar-refractivity contribution >= 4 is 22.5 Å². The first-order valence-corrected chi connectivity index (χ1v) is 8.19. The third kappa shape index (κ3) is 2.71. The van der Waals surface area contributed by atoms with Crippen molar-refractivity contribution in [1.29, 1.82) is 0 Å². The Labute approximate surface area is 140 Å². The molecule has 2 heterocycles. The molecule has 4 nitrogen and oxygen atoms in total. The Morgan fingerprint density at radius 2 is 2.00 bits per heavy atom. The standard InChI is InChI=1S/C20H19N3O/c1-14-2-4-15(5-3-14)16-8-10-23(11-9-16)20(24)17-6-7-18-19(12-17)22-13-21-18/h2-8,12-13H,9-11H2,1H3,(H,21,22). The number of aromatic amines is 1. The highest BCUT2D eigenvalue weighted by Crippen LogP contribution is 2.24. The molecule has 1 aromatic heterocycles. The molecule has 0 radical (unpaired) electrons. The maximum Gasteiger partial charge on any atom is 0.254 e. The fourth-order valence-corrected chi connectivity index (χ4v) is 3.13. The number of amides is 1. The summed E-state index contributed by atoms with van der Waals surface area (Å²) >= 11 is 0. The fraction of sp³-hybridized carbons (Fsp3) is 0.200. The van der Waals surface area contributed by atoms with E-state index in [-0.39, 0.29) is 5.91 Å². The normalized spacial score (nSPS) is 14.7. The number of benzene rings is 2. The van der Waals surface area contributed by atoms with E-state index >= 15 is 0 Å². The second kappa shape index (κ2) is 5.96. The first kappa shape index (κ1) is 14.7. The summed E-state index contributed by atoms with van der Waals surface area (Å²) in [6.45, 7) is 3.50. The molecule has 4 heteroatoms. The van der Waals surface area contributed by atoms with Crippen LogP contribution in [-0.2, 0) is 0 Å². The minimum absolute atomic E-state index is 0.0747. The van der Waals surface area contributed by atoms with Gasteiger partial charge in [-0.15, -0.1) is 0 Å². The Hall–Kier alpha value is -2.88. The maximum absolute atomic E-state index is 12.7. The molecule has 1 aliphatic heterocycles. The number of fused-ring (bicyclic) bond motifs is 1. The highest BCUT2D eigenvalue weighted by atomic mass is 16.2. The molecule has 1 amide bonds. The molecule has 1 aliphatic rings. The van der Waals surface area contributed by atoms with Crippen molar-refractivity contribution in [3.05, 3.63) is 71.6 Å². The summed E-state index contributed by atoms with van der Waals surface area (Å²) in [5.41, 5.74) is 6.33. The van der Waals surface area contributed by atoms with E-state index < -0.39 is 0 Å². The Morgan fingerprint density at radius 1 is 1.17 bits per heavy atom. The molecular formula is C20H19N3O. The maximum atomic E-state index is 12.7. The Balaban J connectivity index is 1.51. The summed E-state index contributed by atoms with van der Waals surface area (Å²) in [5.74, 6) is 0.0747. The van der Waals surface area contributed by atoms with Crippen LogP contribution in [0, 0.1) is 6.92 Å². The van der Waals surface area contributed by atoms with Crippen molar-refractivity contribution in [2.24, 2.45) is 0 Å². The lowest BCUT2D eigenvalue weighted by Crippen LogP contribution is -2.34. The van der Waals surface area contributed by atoms with Gasteiger partial charge in [-0.25, -0.2) is 4.98 Å². The van der Waals surface area contributed by atoms with E-state index in [2.05, 4.69) is 47.2 Å². The Bertz CT molecular complexity index is 921. The van der Waals surface area contributed by atoms with Crippen LogP contribution in [0.2, 0.25) is 0 Å². The van der Waals surface area contributed by atoms with E-state index in [1.807, 2.05) is 23.1 Å². The SMILES string of the molecule is Cc1ccc(C2=CCN(C(=O)c3ccc4nc[nH]c4c3)CC2)cc1. The lowest BCUT2D eigenvalue weighted by Gasteiger charge is -2.27. The van der Waals surface area contributed by atoms with Crippen LogP contribution in [0.15, 0.2) is 54.9 Å². The van der Waals surface area contributed by atoms with Crippen LogP contribution in [0.5, 0.6) is 0 Å². The minimum Gasteiger partial charge on any atom is -0.345 e. The van der Waals surface area contributed by atoms with Crippen LogP contribution in [0.3, 0.4) is 0 Å². The van der Waals surface area contributed by atoms with Gasteiger partial charge in [-0.1, -0.05) is 35.9 Å². The van der Waals surface area contributed by atoms with Gasteiger partial charge in [-0.2, -0.15) is 0 Å². The Kier molecular flexibility index (Phi) is 3.65. The third-order valence-electron chi connectivity index (χ3n) is 4.59. The molecule has 0 atom stereocenters. The van der Waals surface area contributed by atoms with Gasteiger partial charge >= 0.3 is 0 Å². The lowest BCUT2D eigenvalue weighted by molar-refractivity contribution is 0.0773. The molecule has 4 rings (SSSR count). The third-order valence-corrected chi connectivity index (χ3v) is 4.59. The van der Waals surface area contributed by atoms with Gasteiger partial charge in [0.15, 0.2) is 0 Å². The molecule has 0 unspecified atom stereocenters. The van der Waals surface area contributed by atoms with E-state index in [1.54, 1.807) is 6.33 Å². The van der Waals surface area contributed by atoms with Crippen molar-refractivity contribution in [2.45, 2.75) is 13.3 Å². The minimum atomic E-state index is 0.0747. The van der Waals surface area contributed by atoms with Gasteiger partial charge in [0.2, 0.25) is 0 Å². The lowest BCUT2D eigenvalue weighted by atomic mass is 9.98. The molecule has 0 bridgehead atoms. The number of carbonyl (C=O) groups is 1. The predicted molar refractivity (Wildman–Crippen MR) is 95.8 cm³/mol. The number of nitrogens with zero attached hydrogens (tertiary/aromatic N) is 2. The first-order chi connectivity index (χ1) is 11.7. The van der Waals surface area contributed by atoms with Crippen LogP contribution >= 0.6 is 0 Å². The summed E-state index contributed by atoms with van der Waals surface area (Å²) in [6, 6.07) is 14.2. The molecule has 0 fully saturated rings. The second-order valence-electron chi connectivity index (χ2n) is 6.23. The molecule has 24 heavy (non-hydrogen) atoms. The average Bonchev–Trinajstić information content (AvgIpc) is 3.09. The smallest absolute Gasteiger partial charge is 0.254 e. The van der Waals surface area contributed by atoms with Gasteiger partial charge < -0.3 is 9.88 Å². The van der Waals surface area contributed by atoms with Gasteiger partial charge in [0.05, 0.1) is 17.4 Å². The molecule has 3 aromatic rings. The van der Waals surface area contributed by atoms with Gasteiger partial charge in [0.1, 0.15) is 0 Å². The number of H-pyrrole nitrogens is 1. The van der Waals surface area contributed by atoms with Crippen molar-refractivity contribution in [1.82, 2.24) is 14.9 Å². The summed E-state index contributed by atoms with van der Waals surface area (Å²) < 4.78 is 0. The quantitative estimate of drug-likeness (QED) is 0.781. The summed E-state index contributed by atoms with van der Waals surface area (Å²) in [5, 5.41) is 0. The van der Waals surface area contributed by atoms with E-state index in [4.69, 9.17) is 0 Å². The summed E-state index contributed by atoms with van der Waals surface area (Å²) in [7, 11) is 0. The molecule has 0 aliphatic carbocycles. The number of nitrogens with one attached hydrogen (secondary N) is 1. The average molecular weight is 317 g/mol. The molecule has 0 spiro atoms. The van der Waals surface area contributed by atoms with Crippen LogP contribution < -0.4 is 0 Å². The van der Waals surface area contributed by atoms with Crippen LogP contribution in [0.4, 0.5) is 0 Å². The van der Waals surface area contributed by atoms with Crippen molar-refractivity contribution in [3.8, 4) is 0 Å². The van der Waals surface area contributed by atoms with E-state index in [9.17, 15) is 4.79 Å². The first-order valence-electron chi connectivity index (χ1n) is 8.19. The van der Waals surface area contributed by atoms with Gasteiger partial charge in [0.25, 0.3) is 5.91 Å². The number of aryl methyl sites for hydroxylation is 1. The van der Waals surface area contributed by atoms with Crippen LogP contribution in [-0.4, -0.2) is 33.9 Å². The zero-order valence-electron chi connectivity index (χ0n) is 13.6. The van der Waals surface area contributed by atoms with Gasteiger partial charge in [-0.05, 0) is 42.7 Å². The Morgan fingerprint density at radius 3 is 2.75 bits per heavy atom. The number of rotatable bonds is 2. The van der Waals surface area contributed by atoms with E-state index in [0.29, 0.717) is 12.1 Å². The van der Waals surface area contributed by atoms with Crippen LogP contribution in [0.1, 0.15) is 27.9 Å². The highest BCUT2D eigenvalue weighted by Gasteiger charge is 2.19. The fourth-order valence-electron chi connectivity index (χ4n) is 3.13. The number of hydrogen-bond donors (Lipinski definition) is 1. The zero-order valence-corrected chi connectivity index (χ0v) is 13.6. The van der Waals surface area contributed by atoms with E-state index in [1.165, 1.54) is 16.7 Å². The summed E-state index contributed by atoms with van der Waals surface area (Å²) in [4.78, 5) is 21.9. The van der Waals surface area contributed by atoms with Crippen molar-refractivity contribution < 1.29 is 4.79 Å². The molecule has 1 N–H and O–H groups in total. The largest absolute Gasteiger partial charge is 0.345 e. The van der Waals surface area contributed by atoms with Gasteiger partial charge in [0, 0.05) is 18.7 Å². The summed E-state index contributed by atoms with van der Waals surface area (Å²) in [6.07, 6.45) is 4.71. The highest BCUT2D eigenvalue weighted by molar-refractivity contribution is 5.97. The number of hydrogen-bond acceptors (Lipinski definition) is 2. The zero-order chi connectivity index (χ0) is 16.5. The predicted octanol–water partition coefficient (Wildman–Crippen LogP) is 3.80. The number of carbonyl (C=O) groups excluding carboxylic acids is 1. The van der Waals surface area contributed by atoms with E-state index in [0.717, 1.165) is 24.0 Å². The molecule has 0 saturated heterocycles. The number of imidazole rings is 1. The molecule has 120 valence electrons. The monoisotopic (exact) mass is 317 g/mol. The van der Waals surface area contributed by atoms with Crippen LogP contribution in [0.25, 0.3) is 16.6 Å². The number of aromatic nitrogens is 2. The molecular weight excluding hydrogens is 298 g/mol. The van der Waals surface area contributed by atoms with Gasteiger partial charge in [-0.3, -0.25) is 4.79 Å². The molecule has 2 aromatic carbocycles. The molecule has 0 saturated carbocycles. The van der Waals surface area contributed by atoms with Crippen molar-refractivity contribution in [3.63, 3.8) is 0 Å². The van der Waals surface area contributed by atoms with Crippen molar-refractivity contribution in [2.75, 3.05) is 13.1 Å². The second-order valence-corrected chi connectivity index (χ2v) is 6.23.